The number of benzene rings is 1. The monoisotopic (exact) mass is 292 g/mol. The number of ether oxygens (including phenoxy) is 1. The van der Waals surface area contributed by atoms with E-state index in [0.717, 1.165) is 5.56 Å². The third-order valence-corrected chi connectivity index (χ3v) is 3.35. The molecule has 1 aliphatic rings. The van der Waals surface area contributed by atoms with Crippen molar-refractivity contribution in [1.82, 2.24) is 10.2 Å². The zero-order chi connectivity index (χ0) is 15.5. The van der Waals surface area contributed by atoms with Gasteiger partial charge in [0.05, 0.1) is 18.7 Å². The summed E-state index contributed by atoms with van der Waals surface area (Å²) in [5.74, 6) is 0. The molecular weight excluding hydrogens is 268 g/mol. The van der Waals surface area contributed by atoms with E-state index in [1.165, 1.54) is 0 Å². The van der Waals surface area contributed by atoms with E-state index in [-0.39, 0.29) is 12.1 Å². The van der Waals surface area contributed by atoms with E-state index in [1.54, 1.807) is 4.90 Å². The Morgan fingerprint density at radius 1 is 1.33 bits per heavy atom. The number of carbonyl (C=O) groups is 1. The number of likely N-dealkylation sites (tertiary alicyclic amines) is 1. The number of nitrogens with one attached hydrogen (secondary N) is 1. The lowest BCUT2D eigenvalue weighted by atomic mass is 10.2. The van der Waals surface area contributed by atoms with Crippen LogP contribution >= 0.6 is 0 Å². The van der Waals surface area contributed by atoms with Crippen LogP contribution in [0.1, 0.15) is 26.3 Å². The Hall–Kier alpha value is -1.59. The molecule has 1 heterocycles. The number of nitrogens with zero attached hydrogens (tertiary/aromatic N) is 1. The molecule has 2 rings (SSSR count). The Kier molecular flexibility index (Phi) is 4.85. The fraction of sp³-hybridized carbons (Fsp3) is 0.562. The number of carbonyl (C=O) groups excluding carboxylic acids is 1. The largest absolute Gasteiger partial charge is 0.444 e. The van der Waals surface area contributed by atoms with Gasteiger partial charge in [-0.2, -0.15) is 0 Å². The first kappa shape index (κ1) is 15.8. The van der Waals surface area contributed by atoms with Gasteiger partial charge in [0.15, 0.2) is 0 Å². The standard InChI is InChI=1S/C16H24N2O3/c1-16(2,3)21-15(20)18-10-13(14(19)11-18)17-9-12-7-5-4-6-8-12/h4-8,13-14,17,19H,9-11H2,1-3H3/t13-,14?/m1/s1. The fourth-order valence-electron chi connectivity index (χ4n) is 2.31. The van der Waals surface area contributed by atoms with E-state index in [9.17, 15) is 9.90 Å². The van der Waals surface area contributed by atoms with Crippen molar-refractivity contribution in [2.75, 3.05) is 13.1 Å². The Morgan fingerprint density at radius 3 is 2.62 bits per heavy atom. The number of amides is 1. The van der Waals surface area contributed by atoms with Gasteiger partial charge in [-0.1, -0.05) is 30.3 Å². The van der Waals surface area contributed by atoms with Crippen molar-refractivity contribution in [3.8, 4) is 0 Å². The number of rotatable bonds is 3. The van der Waals surface area contributed by atoms with Crippen LogP contribution in [0.3, 0.4) is 0 Å². The summed E-state index contributed by atoms with van der Waals surface area (Å²) in [7, 11) is 0. The summed E-state index contributed by atoms with van der Waals surface area (Å²) in [6, 6.07) is 9.86. The Bertz CT molecular complexity index is 470. The molecular formula is C16H24N2O3. The van der Waals surface area contributed by atoms with Crippen LogP contribution in [0.4, 0.5) is 4.79 Å². The number of hydrogen-bond acceptors (Lipinski definition) is 4. The summed E-state index contributed by atoms with van der Waals surface area (Å²) >= 11 is 0. The van der Waals surface area contributed by atoms with Crippen LogP contribution in [0, 0.1) is 0 Å². The maximum atomic E-state index is 12.0. The van der Waals surface area contributed by atoms with Gasteiger partial charge < -0.3 is 20.1 Å². The van der Waals surface area contributed by atoms with Gasteiger partial charge in [0.2, 0.25) is 0 Å². The minimum absolute atomic E-state index is 0.127. The van der Waals surface area contributed by atoms with E-state index in [4.69, 9.17) is 4.74 Å². The summed E-state index contributed by atoms with van der Waals surface area (Å²) in [5, 5.41) is 13.4. The topological polar surface area (TPSA) is 61.8 Å². The van der Waals surface area contributed by atoms with Crippen LogP contribution in [0.15, 0.2) is 30.3 Å². The van der Waals surface area contributed by atoms with Crippen LogP contribution in [0.2, 0.25) is 0 Å². The maximum absolute atomic E-state index is 12.0. The summed E-state index contributed by atoms with van der Waals surface area (Å²) in [5.41, 5.74) is 0.637. The Morgan fingerprint density at radius 2 is 2.00 bits per heavy atom. The van der Waals surface area contributed by atoms with Crippen molar-refractivity contribution in [2.45, 2.75) is 45.1 Å². The summed E-state index contributed by atoms with van der Waals surface area (Å²) < 4.78 is 5.33. The molecule has 1 fully saturated rings. The summed E-state index contributed by atoms with van der Waals surface area (Å²) in [6.07, 6.45) is -0.938. The molecule has 21 heavy (non-hydrogen) atoms. The first-order valence-corrected chi connectivity index (χ1v) is 7.28. The quantitative estimate of drug-likeness (QED) is 0.891. The normalized spacial score (nSPS) is 22.4. The lowest BCUT2D eigenvalue weighted by Gasteiger charge is -2.24. The minimum Gasteiger partial charge on any atom is -0.444 e. The maximum Gasteiger partial charge on any atom is 0.410 e. The van der Waals surface area contributed by atoms with Crippen LogP contribution < -0.4 is 5.32 Å². The van der Waals surface area contributed by atoms with Crippen molar-refractivity contribution < 1.29 is 14.6 Å². The highest BCUT2D eigenvalue weighted by Gasteiger charge is 2.35. The van der Waals surface area contributed by atoms with Crippen molar-refractivity contribution in [3.63, 3.8) is 0 Å². The van der Waals surface area contributed by atoms with Crippen molar-refractivity contribution in [2.24, 2.45) is 0 Å². The van der Waals surface area contributed by atoms with Crippen molar-refractivity contribution in [3.05, 3.63) is 35.9 Å². The predicted molar refractivity (Wildman–Crippen MR) is 80.9 cm³/mol. The van der Waals surface area contributed by atoms with Gasteiger partial charge >= 0.3 is 6.09 Å². The van der Waals surface area contributed by atoms with E-state index in [0.29, 0.717) is 19.6 Å². The molecule has 0 aliphatic carbocycles. The molecule has 2 N–H and O–H groups in total. The average molecular weight is 292 g/mol. The Balaban J connectivity index is 1.85. The zero-order valence-electron chi connectivity index (χ0n) is 12.9. The van der Waals surface area contributed by atoms with Crippen LogP contribution in [-0.2, 0) is 11.3 Å². The minimum atomic E-state index is -0.568. The molecule has 1 aromatic rings. The second-order valence-electron chi connectivity index (χ2n) is 6.43. The number of aliphatic hydroxyl groups is 1. The lowest BCUT2D eigenvalue weighted by Crippen LogP contribution is -2.39. The molecule has 1 unspecified atom stereocenters. The van der Waals surface area contributed by atoms with Gasteiger partial charge in [0.25, 0.3) is 0 Å². The zero-order valence-corrected chi connectivity index (χ0v) is 12.9. The highest BCUT2D eigenvalue weighted by atomic mass is 16.6. The average Bonchev–Trinajstić information content (AvgIpc) is 2.77. The van der Waals surface area contributed by atoms with Crippen LogP contribution in [0.25, 0.3) is 0 Å². The number of hydrogen-bond donors (Lipinski definition) is 2. The van der Waals surface area contributed by atoms with Gasteiger partial charge in [-0.15, -0.1) is 0 Å². The van der Waals surface area contributed by atoms with E-state index in [1.807, 2.05) is 51.1 Å². The summed E-state index contributed by atoms with van der Waals surface area (Å²) in [6.45, 7) is 6.95. The molecule has 1 aliphatic heterocycles. The third kappa shape index (κ3) is 4.72. The molecule has 5 heteroatoms. The van der Waals surface area contributed by atoms with E-state index >= 15 is 0 Å². The molecule has 0 spiro atoms. The highest BCUT2D eigenvalue weighted by Crippen LogP contribution is 2.16. The van der Waals surface area contributed by atoms with E-state index in [2.05, 4.69) is 5.32 Å². The summed E-state index contributed by atoms with van der Waals surface area (Å²) in [4.78, 5) is 13.5. The second kappa shape index (κ2) is 6.45. The van der Waals surface area contributed by atoms with Crippen molar-refractivity contribution >= 4 is 6.09 Å². The third-order valence-electron chi connectivity index (χ3n) is 3.35. The fourth-order valence-corrected chi connectivity index (χ4v) is 2.31. The molecule has 116 valence electrons. The predicted octanol–water partition coefficient (Wildman–Crippen LogP) is 1.76. The van der Waals surface area contributed by atoms with Crippen LogP contribution in [0.5, 0.6) is 0 Å². The molecule has 2 atom stereocenters. The molecule has 0 bridgehead atoms. The molecule has 0 aromatic heterocycles. The number of aliphatic hydroxyl groups excluding tert-OH is 1. The first-order valence-electron chi connectivity index (χ1n) is 7.28. The van der Waals surface area contributed by atoms with Gasteiger partial charge in [-0.05, 0) is 26.3 Å². The Labute approximate surface area is 125 Å². The molecule has 5 nitrogen and oxygen atoms in total. The second-order valence-corrected chi connectivity index (χ2v) is 6.43. The van der Waals surface area contributed by atoms with Crippen LogP contribution in [-0.4, -0.2) is 46.9 Å². The molecule has 0 radical (unpaired) electrons. The molecule has 1 aromatic carbocycles. The molecule has 0 saturated carbocycles. The van der Waals surface area contributed by atoms with Gasteiger partial charge in [-0.3, -0.25) is 0 Å². The first-order chi connectivity index (χ1) is 9.85. The number of β-amino-alcohol motifs (C(OH)–C–C–N with tert-alkyl or cyclic N) is 1. The smallest absolute Gasteiger partial charge is 0.410 e. The van der Waals surface area contributed by atoms with Gasteiger partial charge in [0, 0.05) is 13.1 Å². The van der Waals surface area contributed by atoms with E-state index < -0.39 is 11.7 Å². The van der Waals surface area contributed by atoms with Crippen molar-refractivity contribution in [1.29, 1.82) is 0 Å². The SMILES string of the molecule is CC(C)(C)OC(=O)N1CC(O)[C@H](NCc2ccccc2)C1. The molecule has 1 saturated heterocycles. The highest BCUT2D eigenvalue weighted by molar-refractivity contribution is 5.68. The lowest BCUT2D eigenvalue weighted by molar-refractivity contribution is 0.0270. The van der Waals surface area contributed by atoms with Gasteiger partial charge in [-0.25, -0.2) is 4.79 Å². The molecule has 1 amide bonds. The van der Waals surface area contributed by atoms with Gasteiger partial charge in [0.1, 0.15) is 5.60 Å².